The zero-order valence-electron chi connectivity index (χ0n) is 7.52. The maximum absolute atomic E-state index is 5.59. The minimum atomic E-state index is -0.340. The van der Waals surface area contributed by atoms with Crippen LogP contribution in [0.1, 0.15) is 27.2 Å². The minimum Gasteiger partial charge on any atom is -0.350 e. The fraction of sp³-hybridized carbons (Fsp3) is 1.00. The Morgan fingerprint density at radius 2 is 1.64 bits per heavy atom. The lowest BCUT2D eigenvalue weighted by Crippen LogP contribution is -2.40. The van der Waals surface area contributed by atoms with Gasteiger partial charge < -0.3 is 9.47 Å². The molecule has 64 valence electrons. The summed E-state index contributed by atoms with van der Waals surface area (Å²) in [6.45, 7) is 8.01. The van der Waals surface area contributed by atoms with Gasteiger partial charge in [-0.2, -0.15) is 0 Å². The van der Waals surface area contributed by atoms with Crippen molar-refractivity contribution in [3.63, 3.8) is 0 Å². The number of hydrogen-bond donors (Lipinski definition) is 0. The molecule has 0 aromatic carbocycles. The number of rotatable bonds is 0. The molecule has 2 aliphatic rings. The van der Waals surface area contributed by atoms with Crippen LogP contribution in [0.4, 0.5) is 0 Å². The Bertz CT molecular complexity index is 164. The molecule has 0 amide bonds. The summed E-state index contributed by atoms with van der Waals surface area (Å²) in [6, 6.07) is 0. The summed E-state index contributed by atoms with van der Waals surface area (Å²) < 4.78 is 11.2. The van der Waals surface area contributed by atoms with E-state index >= 15 is 0 Å². The predicted molar refractivity (Wildman–Crippen MR) is 42.2 cm³/mol. The average Bonchev–Trinajstić information content (AvgIpc) is 2.54. The van der Waals surface area contributed by atoms with Crippen molar-refractivity contribution in [1.29, 1.82) is 0 Å². The maximum atomic E-state index is 5.59. The van der Waals surface area contributed by atoms with E-state index in [1.165, 1.54) is 6.42 Å². The van der Waals surface area contributed by atoms with Gasteiger partial charge in [0, 0.05) is 5.41 Å². The van der Waals surface area contributed by atoms with E-state index in [9.17, 15) is 0 Å². The molecule has 2 heteroatoms. The van der Waals surface area contributed by atoms with Gasteiger partial charge >= 0.3 is 0 Å². The fourth-order valence-corrected chi connectivity index (χ4v) is 1.67. The molecule has 1 aliphatic carbocycles. The molecule has 1 saturated heterocycles. The second-order valence-corrected chi connectivity index (χ2v) is 4.44. The molecule has 1 heterocycles. The van der Waals surface area contributed by atoms with Gasteiger partial charge in [0.2, 0.25) is 0 Å². The Kier molecular flexibility index (Phi) is 1.37. The molecule has 1 unspecified atom stereocenters. The second kappa shape index (κ2) is 1.99. The summed E-state index contributed by atoms with van der Waals surface area (Å²) in [6.07, 6.45) is 1.28. The highest BCUT2D eigenvalue weighted by molar-refractivity contribution is 5.01. The van der Waals surface area contributed by atoms with E-state index in [2.05, 4.69) is 6.92 Å². The van der Waals surface area contributed by atoms with Crippen molar-refractivity contribution < 1.29 is 9.47 Å². The number of ether oxygens (including phenoxy) is 2. The van der Waals surface area contributed by atoms with Crippen molar-refractivity contribution in [1.82, 2.24) is 0 Å². The van der Waals surface area contributed by atoms with Crippen molar-refractivity contribution in [3.05, 3.63) is 0 Å². The zero-order valence-corrected chi connectivity index (χ0v) is 7.52. The molecular formula is C9H16O2. The molecule has 1 saturated carbocycles. The first-order valence-corrected chi connectivity index (χ1v) is 4.32. The average molecular weight is 156 g/mol. The Balaban J connectivity index is 1.96. The summed E-state index contributed by atoms with van der Waals surface area (Å²) in [4.78, 5) is 0. The molecular weight excluding hydrogens is 140 g/mol. The van der Waals surface area contributed by atoms with Crippen molar-refractivity contribution >= 4 is 0 Å². The first-order chi connectivity index (χ1) is 5.04. The smallest absolute Gasteiger partial charge is 0.162 e. The molecule has 2 rings (SSSR count). The molecule has 1 atom stereocenters. The molecule has 0 N–H and O–H groups in total. The molecule has 0 radical (unpaired) electrons. The lowest BCUT2D eigenvalue weighted by Gasteiger charge is -2.35. The van der Waals surface area contributed by atoms with Crippen LogP contribution in [-0.2, 0) is 9.47 Å². The van der Waals surface area contributed by atoms with Crippen molar-refractivity contribution in [2.45, 2.75) is 33.0 Å². The van der Waals surface area contributed by atoms with E-state index in [0.29, 0.717) is 5.41 Å². The highest BCUT2D eigenvalue weighted by Gasteiger charge is 2.55. The lowest BCUT2D eigenvalue weighted by atomic mass is 10.1. The molecule has 2 nitrogen and oxygen atoms in total. The monoisotopic (exact) mass is 156 g/mol. The van der Waals surface area contributed by atoms with E-state index in [1.807, 2.05) is 13.8 Å². The number of hydrogen-bond acceptors (Lipinski definition) is 2. The van der Waals surface area contributed by atoms with Crippen molar-refractivity contribution in [2.75, 3.05) is 13.2 Å². The van der Waals surface area contributed by atoms with E-state index in [4.69, 9.17) is 9.47 Å². The third-order valence-corrected chi connectivity index (χ3v) is 3.01. The normalized spacial score (nSPS) is 39.0. The summed E-state index contributed by atoms with van der Waals surface area (Å²) in [7, 11) is 0. The Hall–Kier alpha value is -0.0800. The topological polar surface area (TPSA) is 18.5 Å². The Morgan fingerprint density at radius 1 is 1.18 bits per heavy atom. The largest absolute Gasteiger partial charge is 0.350 e. The van der Waals surface area contributed by atoms with Gasteiger partial charge in [-0.15, -0.1) is 0 Å². The van der Waals surface area contributed by atoms with Crippen LogP contribution in [-0.4, -0.2) is 19.0 Å². The first kappa shape index (κ1) is 7.56. The van der Waals surface area contributed by atoms with E-state index < -0.39 is 0 Å². The SMILES string of the molecule is CC1CC12COC(C)(C)OC2. The zero-order chi connectivity index (χ0) is 8.11. The molecule has 1 aliphatic heterocycles. The summed E-state index contributed by atoms with van der Waals surface area (Å²) in [5.74, 6) is 0.465. The summed E-state index contributed by atoms with van der Waals surface area (Å²) in [5.41, 5.74) is 0.398. The van der Waals surface area contributed by atoms with E-state index in [-0.39, 0.29) is 5.79 Å². The Labute approximate surface area is 67.9 Å². The molecule has 0 aromatic rings. The summed E-state index contributed by atoms with van der Waals surface area (Å²) in [5, 5.41) is 0. The van der Waals surface area contributed by atoms with Gasteiger partial charge in [-0.1, -0.05) is 6.92 Å². The van der Waals surface area contributed by atoms with Crippen LogP contribution >= 0.6 is 0 Å². The molecule has 11 heavy (non-hydrogen) atoms. The quantitative estimate of drug-likeness (QED) is 0.532. The van der Waals surface area contributed by atoms with Gasteiger partial charge in [-0.05, 0) is 26.2 Å². The third kappa shape index (κ3) is 1.18. The van der Waals surface area contributed by atoms with Crippen molar-refractivity contribution in [2.24, 2.45) is 11.3 Å². The third-order valence-electron chi connectivity index (χ3n) is 3.01. The van der Waals surface area contributed by atoms with Crippen LogP contribution in [0.3, 0.4) is 0 Å². The minimum absolute atomic E-state index is 0.340. The van der Waals surface area contributed by atoms with Gasteiger partial charge in [0.05, 0.1) is 13.2 Å². The van der Waals surface area contributed by atoms with Crippen molar-refractivity contribution in [3.8, 4) is 0 Å². The maximum Gasteiger partial charge on any atom is 0.162 e. The van der Waals surface area contributed by atoms with Crippen LogP contribution in [0.25, 0.3) is 0 Å². The molecule has 0 bridgehead atoms. The molecule has 1 spiro atoms. The predicted octanol–water partition coefficient (Wildman–Crippen LogP) is 1.80. The van der Waals surface area contributed by atoms with Gasteiger partial charge in [0.15, 0.2) is 5.79 Å². The molecule has 0 aromatic heterocycles. The standard InChI is InChI=1S/C9H16O2/c1-7-4-9(7)5-10-8(2,3)11-6-9/h7H,4-6H2,1-3H3. The van der Waals surface area contributed by atoms with Crippen LogP contribution in [0, 0.1) is 11.3 Å². The van der Waals surface area contributed by atoms with Gasteiger partial charge in [-0.25, -0.2) is 0 Å². The lowest BCUT2D eigenvalue weighted by molar-refractivity contribution is -0.269. The van der Waals surface area contributed by atoms with Crippen LogP contribution in [0.15, 0.2) is 0 Å². The highest BCUT2D eigenvalue weighted by atomic mass is 16.7. The van der Waals surface area contributed by atoms with Crippen LogP contribution in [0.2, 0.25) is 0 Å². The van der Waals surface area contributed by atoms with Gasteiger partial charge in [0.1, 0.15) is 0 Å². The second-order valence-electron chi connectivity index (χ2n) is 4.44. The fourth-order valence-electron chi connectivity index (χ4n) is 1.67. The molecule has 2 fully saturated rings. The summed E-state index contributed by atoms with van der Waals surface area (Å²) >= 11 is 0. The van der Waals surface area contributed by atoms with Crippen LogP contribution in [0.5, 0.6) is 0 Å². The first-order valence-electron chi connectivity index (χ1n) is 4.32. The van der Waals surface area contributed by atoms with E-state index in [1.54, 1.807) is 0 Å². The van der Waals surface area contributed by atoms with Gasteiger partial charge in [-0.3, -0.25) is 0 Å². The van der Waals surface area contributed by atoms with Gasteiger partial charge in [0.25, 0.3) is 0 Å². The highest BCUT2D eigenvalue weighted by Crippen LogP contribution is 2.55. The van der Waals surface area contributed by atoms with Crippen LogP contribution < -0.4 is 0 Å². The van der Waals surface area contributed by atoms with E-state index in [0.717, 1.165) is 19.1 Å². The Morgan fingerprint density at radius 3 is 2.00 bits per heavy atom.